The van der Waals surface area contributed by atoms with E-state index in [9.17, 15) is 9.90 Å². The number of amides is 1. The number of hydrogen-bond acceptors (Lipinski definition) is 5. The number of nitrogens with one attached hydrogen (secondary N) is 1. The van der Waals surface area contributed by atoms with Crippen molar-refractivity contribution in [1.29, 1.82) is 0 Å². The molecule has 0 aromatic heterocycles. The van der Waals surface area contributed by atoms with Crippen LogP contribution in [-0.4, -0.2) is 66.8 Å². The highest BCUT2D eigenvalue weighted by Crippen LogP contribution is 2.32. The summed E-state index contributed by atoms with van der Waals surface area (Å²) >= 11 is 0. The molecular weight excluding hydrogens is 366 g/mol. The summed E-state index contributed by atoms with van der Waals surface area (Å²) in [5.41, 5.74) is 3.41. The van der Waals surface area contributed by atoms with Gasteiger partial charge in [0, 0.05) is 33.2 Å². The van der Waals surface area contributed by atoms with Gasteiger partial charge in [-0.25, -0.2) is 0 Å². The fourth-order valence-corrected chi connectivity index (χ4v) is 4.20. The van der Waals surface area contributed by atoms with Crippen LogP contribution in [-0.2, 0) is 11.2 Å². The lowest BCUT2D eigenvalue weighted by Crippen LogP contribution is -2.40. The van der Waals surface area contributed by atoms with Gasteiger partial charge >= 0.3 is 0 Å². The molecule has 2 aliphatic rings. The number of fused-ring (bicyclic) bond motifs is 1. The summed E-state index contributed by atoms with van der Waals surface area (Å²) in [4.78, 5) is 16.8. The van der Waals surface area contributed by atoms with Gasteiger partial charge in [-0.15, -0.1) is 0 Å². The van der Waals surface area contributed by atoms with Gasteiger partial charge in [0.25, 0.3) is 5.91 Å². The number of benzene rings is 2. The third-order valence-electron chi connectivity index (χ3n) is 5.85. The van der Waals surface area contributed by atoms with Gasteiger partial charge in [-0.05, 0) is 30.0 Å². The second kappa shape index (κ2) is 8.84. The van der Waals surface area contributed by atoms with E-state index in [1.165, 1.54) is 5.56 Å². The summed E-state index contributed by atoms with van der Waals surface area (Å²) in [7, 11) is 1.82. The molecule has 1 unspecified atom stereocenters. The van der Waals surface area contributed by atoms with Gasteiger partial charge < -0.3 is 20.1 Å². The third kappa shape index (κ3) is 4.54. The average molecular weight is 396 g/mol. The first-order valence-corrected chi connectivity index (χ1v) is 10.3. The predicted molar refractivity (Wildman–Crippen MR) is 113 cm³/mol. The Labute approximate surface area is 172 Å². The minimum atomic E-state index is -0.293. The maximum atomic E-state index is 12.8. The molecule has 2 heterocycles. The second-order valence-corrected chi connectivity index (χ2v) is 7.89. The van der Waals surface area contributed by atoms with Crippen LogP contribution in [0, 0.1) is 0 Å². The normalized spacial score (nSPS) is 19.4. The van der Waals surface area contributed by atoms with Crippen molar-refractivity contribution in [2.45, 2.75) is 25.0 Å². The number of likely N-dealkylation sites (N-methyl/N-ethyl adjacent to an activating group) is 1. The van der Waals surface area contributed by atoms with Gasteiger partial charge in [0.15, 0.2) is 6.61 Å². The Kier molecular flexibility index (Phi) is 6.02. The zero-order chi connectivity index (χ0) is 20.2. The van der Waals surface area contributed by atoms with Gasteiger partial charge in [0.2, 0.25) is 0 Å². The van der Waals surface area contributed by atoms with Crippen molar-refractivity contribution in [3.05, 3.63) is 59.7 Å². The number of carbonyl (C=O) groups excluding carboxylic acids is 1. The average Bonchev–Trinajstić information content (AvgIpc) is 3.39. The van der Waals surface area contributed by atoms with Crippen LogP contribution in [0.1, 0.15) is 23.6 Å². The number of hydrogen-bond donors (Lipinski definition) is 2. The molecular formula is C23H29N3O3. The molecule has 0 saturated carbocycles. The molecule has 1 saturated heterocycles. The molecule has 1 fully saturated rings. The lowest BCUT2D eigenvalue weighted by Gasteiger charge is -2.32. The van der Waals surface area contributed by atoms with Crippen molar-refractivity contribution in [3.63, 3.8) is 0 Å². The maximum absolute atomic E-state index is 12.8. The number of ether oxygens (including phenoxy) is 1. The predicted octanol–water partition coefficient (Wildman–Crippen LogP) is 2.30. The fraction of sp³-hybridized carbons (Fsp3) is 0.435. The zero-order valence-corrected chi connectivity index (χ0v) is 16.9. The second-order valence-electron chi connectivity index (χ2n) is 7.89. The summed E-state index contributed by atoms with van der Waals surface area (Å²) in [5.74, 6) is 0.685. The monoisotopic (exact) mass is 395 g/mol. The van der Waals surface area contributed by atoms with E-state index < -0.39 is 0 Å². The number of β-amino-alcohol motifs (C(OH)–C–C–N with tert-alkyl or cyclic N) is 1. The van der Waals surface area contributed by atoms with E-state index in [1.807, 2.05) is 37.4 Å². The molecule has 6 heteroatoms. The first-order valence-electron chi connectivity index (χ1n) is 10.3. The summed E-state index contributed by atoms with van der Waals surface area (Å²) in [5, 5.41) is 13.3. The van der Waals surface area contributed by atoms with E-state index in [1.54, 1.807) is 4.90 Å². The van der Waals surface area contributed by atoms with Crippen molar-refractivity contribution in [2.24, 2.45) is 0 Å². The van der Waals surface area contributed by atoms with Gasteiger partial charge in [0.1, 0.15) is 5.75 Å². The van der Waals surface area contributed by atoms with Crippen LogP contribution in [0.15, 0.2) is 48.5 Å². The number of aliphatic hydroxyl groups excluding tert-OH is 1. The maximum Gasteiger partial charge on any atom is 0.260 e. The molecule has 154 valence electrons. The Morgan fingerprint density at radius 2 is 2.10 bits per heavy atom. The topological polar surface area (TPSA) is 65.0 Å². The van der Waals surface area contributed by atoms with E-state index in [0.29, 0.717) is 13.1 Å². The van der Waals surface area contributed by atoms with Crippen molar-refractivity contribution in [2.75, 3.05) is 45.2 Å². The quantitative estimate of drug-likeness (QED) is 0.753. The van der Waals surface area contributed by atoms with Crippen LogP contribution in [0.3, 0.4) is 0 Å². The van der Waals surface area contributed by atoms with Crippen molar-refractivity contribution in [1.82, 2.24) is 9.80 Å². The number of para-hydroxylation sites is 1. The molecule has 2 N–H and O–H groups in total. The molecule has 0 spiro atoms. The van der Waals surface area contributed by atoms with E-state index in [2.05, 4.69) is 28.4 Å². The number of anilines is 1. The highest BCUT2D eigenvalue weighted by molar-refractivity contribution is 5.78. The lowest BCUT2D eigenvalue weighted by atomic mass is 10.1. The largest absolute Gasteiger partial charge is 0.482 e. The Morgan fingerprint density at radius 3 is 2.86 bits per heavy atom. The molecule has 0 radical (unpaired) electrons. The Hall–Kier alpha value is -2.57. The van der Waals surface area contributed by atoms with E-state index in [-0.39, 0.29) is 24.7 Å². The van der Waals surface area contributed by atoms with Crippen molar-refractivity contribution < 1.29 is 14.6 Å². The van der Waals surface area contributed by atoms with Gasteiger partial charge in [0.05, 0.1) is 17.8 Å². The minimum absolute atomic E-state index is 0.0127. The van der Waals surface area contributed by atoms with E-state index >= 15 is 0 Å². The third-order valence-corrected chi connectivity index (χ3v) is 5.85. The van der Waals surface area contributed by atoms with Gasteiger partial charge in [-0.2, -0.15) is 0 Å². The van der Waals surface area contributed by atoms with Crippen LogP contribution < -0.4 is 10.1 Å². The zero-order valence-electron chi connectivity index (χ0n) is 16.9. The SMILES string of the molecule is CN(CC(c1ccccc1)N1CC[C@H](O)C1)C(=O)COc1cccc2c1NCC2. The van der Waals surface area contributed by atoms with E-state index in [0.717, 1.165) is 42.9 Å². The summed E-state index contributed by atoms with van der Waals surface area (Å²) in [6.07, 6.45) is 1.47. The van der Waals surface area contributed by atoms with Crippen LogP contribution >= 0.6 is 0 Å². The van der Waals surface area contributed by atoms with Crippen molar-refractivity contribution >= 4 is 11.6 Å². The molecule has 2 atom stereocenters. The highest BCUT2D eigenvalue weighted by atomic mass is 16.5. The van der Waals surface area contributed by atoms with Crippen molar-refractivity contribution in [3.8, 4) is 5.75 Å². The number of carbonyl (C=O) groups is 1. The highest BCUT2D eigenvalue weighted by Gasteiger charge is 2.30. The number of rotatable bonds is 7. The molecule has 2 aliphatic heterocycles. The summed E-state index contributed by atoms with van der Waals surface area (Å²) < 4.78 is 5.85. The summed E-state index contributed by atoms with van der Waals surface area (Å²) in [6, 6.07) is 16.2. The first kappa shape index (κ1) is 19.7. The first-order chi connectivity index (χ1) is 14.1. The standard InChI is InChI=1S/C23H29N3O3/c1-25(22(28)16-29-21-9-5-8-18-10-12-24-23(18)21)15-20(17-6-3-2-4-7-17)26-13-11-19(27)14-26/h2-9,19-20,24,27H,10-16H2,1H3/t19-,20?/m0/s1. The number of likely N-dealkylation sites (tertiary alicyclic amines) is 1. The molecule has 0 bridgehead atoms. The molecule has 2 aromatic rings. The fourth-order valence-electron chi connectivity index (χ4n) is 4.20. The van der Waals surface area contributed by atoms with Crippen LogP contribution in [0.4, 0.5) is 5.69 Å². The smallest absolute Gasteiger partial charge is 0.260 e. The molecule has 2 aromatic carbocycles. The van der Waals surface area contributed by atoms with Crippen LogP contribution in [0.25, 0.3) is 0 Å². The lowest BCUT2D eigenvalue weighted by molar-refractivity contribution is -0.132. The summed E-state index contributed by atoms with van der Waals surface area (Å²) in [6.45, 7) is 2.95. The van der Waals surface area contributed by atoms with Gasteiger partial charge in [-0.3, -0.25) is 9.69 Å². The molecule has 4 rings (SSSR count). The Bertz CT molecular complexity index is 843. The molecule has 29 heavy (non-hydrogen) atoms. The van der Waals surface area contributed by atoms with E-state index in [4.69, 9.17) is 4.74 Å². The number of aliphatic hydroxyl groups is 1. The van der Waals surface area contributed by atoms with Crippen LogP contribution in [0.5, 0.6) is 5.75 Å². The Morgan fingerprint density at radius 1 is 1.28 bits per heavy atom. The molecule has 1 amide bonds. The molecule has 0 aliphatic carbocycles. The minimum Gasteiger partial charge on any atom is -0.482 e. The molecule has 6 nitrogen and oxygen atoms in total. The van der Waals surface area contributed by atoms with Crippen LogP contribution in [0.2, 0.25) is 0 Å². The van der Waals surface area contributed by atoms with Gasteiger partial charge in [-0.1, -0.05) is 42.5 Å². The number of nitrogens with zero attached hydrogens (tertiary/aromatic N) is 2. The Balaban J connectivity index is 1.40.